The van der Waals surface area contributed by atoms with Gasteiger partial charge in [0.15, 0.2) is 8.24 Å². The van der Waals surface area contributed by atoms with Crippen LogP contribution in [-0.4, -0.2) is 127 Å². The van der Waals surface area contributed by atoms with Gasteiger partial charge in [-0.25, -0.2) is 37.6 Å². The third-order valence-corrected chi connectivity index (χ3v) is 9.04. The molecular weight excluding hydrogens is 783 g/mol. The number of isocyanates is 1. The second kappa shape index (κ2) is 20.0. The molecule has 4 heterocycles. The summed E-state index contributed by atoms with van der Waals surface area (Å²) in [7, 11) is -1.46. The third kappa shape index (κ3) is 12.7. The number of benzene rings is 2. The molecule has 2 fully saturated rings. The van der Waals surface area contributed by atoms with Gasteiger partial charge in [-0.1, -0.05) is 0 Å². The number of hydrogen-bond acceptors (Lipinski definition) is 14. The zero-order valence-corrected chi connectivity index (χ0v) is 33.6. The zero-order valence-electron chi connectivity index (χ0n) is 32.6. The lowest BCUT2D eigenvalue weighted by Gasteiger charge is -2.28. The lowest BCUT2D eigenvalue weighted by molar-refractivity contribution is -0.120. The lowest BCUT2D eigenvalue weighted by atomic mass is 10.2. The van der Waals surface area contributed by atoms with Crippen LogP contribution < -0.4 is 41.4 Å². The van der Waals surface area contributed by atoms with Gasteiger partial charge in [0.05, 0.1) is 62.0 Å². The number of carbonyl (C=O) groups excluding carboxylic acids is 6. The predicted molar refractivity (Wildman–Crippen MR) is 213 cm³/mol. The first-order chi connectivity index (χ1) is 27.4. The summed E-state index contributed by atoms with van der Waals surface area (Å²) in [6, 6.07) is 8.23. The first-order valence-electron chi connectivity index (χ1n) is 18.0. The third-order valence-electron chi connectivity index (χ3n) is 8.28. The van der Waals surface area contributed by atoms with Gasteiger partial charge in [-0.3, -0.25) is 19.4 Å². The highest BCUT2D eigenvalue weighted by Gasteiger charge is 2.34. The summed E-state index contributed by atoms with van der Waals surface area (Å²) in [5.74, 6) is -1.42. The van der Waals surface area contributed by atoms with Crippen molar-refractivity contribution in [3.05, 3.63) is 48.0 Å². The largest absolute Gasteiger partial charge is 0.442 e. The molecule has 6 rings (SSSR count). The highest BCUT2D eigenvalue weighted by atomic mass is 28.3. The minimum absolute atomic E-state index is 0.193. The molecule has 5 N–H and O–H groups in total. The van der Waals surface area contributed by atoms with Gasteiger partial charge in [-0.05, 0) is 56.0 Å². The van der Waals surface area contributed by atoms with Crippen LogP contribution in [0.3, 0.4) is 0 Å². The van der Waals surface area contributed by atoms with Gasteiger partial charge in [0.1, 0.15) is 36.5 Å². The van der Waals surface area contributed by atoms with Crippen molar-refractivity contribution in [2.24, 2.45) is 20.6 Å². The van der Waals surface area contributed by atoms with Crippen molar-refractivity contribution in [2.75, 3.05) is 72.0 Å². The number of hydrogen-bond donors (Lipinski definition) is 4. The Morgan fingerprint density at radius 2 is 1.36 bits per heavy atom. The number of ether oxygens (including phenoxy) is 2. The number of amides is 6. The molecule has 0 aliphatic carbocycles. The van der Waals surface area contributed by atoms with Crippen molar-refractivity contribution < 1.29 is 47.0 Å². The number of nitrogens with two attached hydrogens (primary N) is 1. The van der Waals surface area contributed by atoms with Crippen LogP contribution in [0.1, 0.15) is 13.8 Å². The predicted octanol–water partition coefficient (Wildman–Crippen LogP) is 2.23. The van der Waals surface area contributed by atoms with Crippen molar-refractivity contribution in [3.63, 3.8) is 0 Å². The van der Waals surface area contributed by atoms with Gasteiger partial charge >= 0.3 is 18.2 Å². The van der Waals surface area contributed by atoms with E-state index in [0.29, 0.717) is 36.7 Å². The van der Waals surface area contributed by atoms with E-state index in [-0.39, 0.29) is 50.2 Å². The molecule has 0 aromatic heterocycles. The van der Waals surface area contributed by atoms with Crippen molar-refractivity contribution in [1.82, 2.24) is 21.1 Å². The van der Waals surface area contributed by atoms with Crippen LogP contribution in [0.4, 0.5) is 45.9 Å². The van der Waals surface area contributed by atoms with Crippen LogP contribution in [0, 0.1) is 11.6 Å². The molecule has 0 bridgehead atoms. The Balaban J connectivity index is 0.000000222. The molecule has 20 nitrogen and oxygen atoms in total. The normalized spacial score (nSPS) is 18.4. The van der Waals surface area contributed by atoms with Crippen LogP contribution in [-0.2, 0) is 23.9 Å². The SMILES string of the molecule is CC(=O)NC[C@H]1CN(c2ccc(N3C=NN(C(N)=O)CC3)c(F)c2)C(=O)O1.CC(=O)NC[C@H]1CN(c2ccc(N3C=NNCC3)c(F)c2)C(=O)O1.C[Si](C)(C)N=C=O. The molecule has 58 heavy (non-hydrogen) atoms. The fourth-order valence-electron chi connectivity index (χ4n) is 5.50. The molecule has 4 aliphatic rings. The molecule has 312 valence electrons. The van der Waals surface area contributed by atoms with Crippen molar-refractivity contribution >= 4 is 79.8 Å². The van der Waals surface area contributed by atoms with Gasteiger partial charge in [0.25, 0.3) is 0 Å². The summed E-state index contributed by atoms with van der Waals surface area (Å²) >= 11 is 0. The lowest BCUT2D eigenvalue weighted by Crippen LogP contribution is -2.43. The number of halogens is 2. The first kappa shape index (κ1) is 44.1. The molecule has 0 radical (unpaired) electrons. The quantitative estimate of drug-likeness (QED) is 0.163. The number of rotatable bonds is 9. The number of cyclic esters (lactones) is 2. The summed E-state index contributed by atoms with van der Waals surface area (Å²) in [6.07, 6.45) is 2.27. The Kier molecular flexibility index (Phi) is 15.2. The number of primary amides is 1. The molecule has 0 saturated carbocycles. The second-order valence-corrected chi connectivity index (χ2v) is 18.5. The Labute approximate surface area is 333 Å². The number of carbonyl (C=O) groups is 5. The van der Waals surface area contributed by atoms with E-state index >= 15 is 0 Å². The Morgan fingerprint density at radius 1 is 0.862 bits per heavy atom. The van der Waals surface area contributed by atoms with Gasteiger partial charge in [-0.15, -0.1) is 0 Å². The average molecular weight is 829 g/mol. The van der Waals surface area contributed by atoms with E-state index in [1.54, 1.807) is 34.1 Å². The molecule has 2 aromatic rings. The highest BCUT2D eigenvalue weighted by Crippen LogP contribution is 2.29. The van der Waals surface area contributed by atoms with Crippen LogP contribution in [0.5, 0.6) is 0 Å². The van der Waals surface area contributed by atoms with E-state index < -0.39 is 50.3 Å². The molecule has 2 atom stereocenters. The van der Waals surface area contributed by atoms with Crippen LogP contribution in [0.2, 0.25) is 19.6 Å². The number of nitrogens with zero attached hydrogens (tertiary/aromatic N) is 8. The maximum absolute atomic E-state index is 14.6. The van der Waals surface area contributed by atoms with Crippen LogP contribution >= 0.6 is 0 Å². The maximum Gasteiger partial charge on any atom is 0.414 e. The molecule has 2 aromatic carbocycles. The van der Waals surface area contributed by atoms with Crippen LogP contribution in [0.15, 0.2) is 51.3 Å². The van der Waals surface area contributed by atoms with Gasteiger partial charge < -0.3 is 41.1 Å². The molecular formula is C35H46F2N12O8Si. The van der Waals surface area contributed by atoms with Gasteiger partial charge in [0.2, 0.25) is 17.9 Å². The first-order valence-corrected chi connectivity index (χ1v) is 21.4. The van der Waals surface area contributed by atoms with E-state index in [4.69, 9.17) is 15.2 Å². The van der Waals surface area contributed by atoms with E-state index in [1.165, 1.54) is 54.5 Å². The molecule has 23 heteroatoms. The Bertz CT molecular complexity index is 1960. The summed E-state index contributed by atoms with van der Waals surface area (Å²) < 4.78 is 42.9. The number of anilines is 4. The van der Waals surface area contributed by atoms with Crippen molar-refractivity contribution in [1.29, 1.82) is 0 Å². The molecule has 4 aliphatic heterocycles. The zero-order chi connectivity index (χ0) is 42.6. The fourth-order valence-corrected chi connectivity index (χ4v) is 5.77. The number of nitrogens with one attached hydrogen (secondary N) is 3. The van der Waals surface area contributed by atoms with Crippen molar-refractivity contribution in [3.8, 4) is 0 Å². The second-order valence-electron chi connectivity index (χ2n) is 14.0. The molecule has 6 amide bonds. The molecule has 2 saturated heterocycles. The maximum atomic E-state index is 14.6. The van der Waals surface area contributed by atoms with E-state index in [1.807, 2.05) is 19.6 Å². The molecule has 0 spiro atoms. The fraction of sp³-hybridized carbons (Fsp3) is 0.429. The summed E-state index contributed by atoms with van der Waals surface area (Å²) in [5.41, 5.74) is 9.35. The summed E-state index contributed by atoms with van der Waals surface area (Å²) in [4.78, 5) is 72.4. The molecule has 0 unspecified atom stereocenters. The van der Waals surface area contributed by atoms with E-state index in [2.05, 4.69) is 30.9 Å². The summed E-state index contributed by atoms with van der Waals surface area (Å²) in [5, 5.41) is 14.0. The minimum Gasteiger partial charge on any atom is -0.442 e. The minimum atomic E-state index is -1.46. The average Bonchev–Trinajstić information content (AvgIpc) is 3.74. The summed E-state index contributed by atoms with van der Waals surface area (Å²) in [6.45, 7) is 11.4. The number of urea groups is 1. The van der Waals surface area contributed by atoms with E-state index in [9.17, 15) is 37.5 Å². The van der Waals surface area contributed by atoms with E-state index in [0.717, 1.165) is 5.01 Å². The Morgan fingerprint density at radius 3 is 1.71 bits per heavy atom. The standard InChI is InChI=1S/C16H19FN6O4.C15H18FN5O3.C4H9NOSi/c1-10(24)19-7-12-8-22(16(26)27-12)11-2-3-14(13(17)6-11)21-4-5-23(15(18)25)20-9-21;1-10(22)17-7-12-8-21(15(23)24-12)11-2-3-14(13(16)6-11)20-5-4-18-19-9-20;1-7(2,3)5-4-6/h2-3,6,9,12H,4-5,7-8H2,1H3,(H2,18,25)(H,19,24);2-3,6,9,12,18H,4-5,7-8H2,1H3,(H,17,22);1-3H3/t2*12-;/m00./s1. The Hall–Kier alpha value is -6.61. The van der Waals surface area contributed by atoms with Crippen LogP contribution in [0.25, 0.3) is 0 Å². The number of hydrazone groups is 2. The monoisotopic (exact) mass is 828 g/mol. The highest BCUT2D eigenvalue weighted by molar-refractivity contribution is 6.74. The smallest absolute Gasteiger partial charge is 0.414 e. The van der Waals surface area contributed by atoms with Gasteiger partial charge in [-0.2, -0.15) is 10.2 Å². The van der Waals surface area contributed by atoms with Crippen molar-refractivity contribution in [2.45, 2.75) is 45.7 Å². The van der Waals surface area contributed by atoms with Gasteiger partial charge in [0, 0.05) is 26.9 Å². The topological polar surface area (TPSA) is 236 Å².